The van der Waals surface area contributed by atoms with Gasteiger partial charge in [0, 0.05) is 13.1 Å². The maximum Gasteiger partial charge on any atom is 0.330 e. The summed E-state index contributed by atoms with van der Waals surface area (Å²) in [4.78, 5) is 25.3. The van der Waals surface area contributed by atoms with Gasteiger partial charge in [0.05, 0.1) is 29.4 Å². The lowest BCUT2D eigenvalue weighted by Gasteiger charge is -2.11. The molecule has 0 saturated carbocycles. The van der Waals surface area contributed by atoms with Crippen LogP contribution in [0.1, 0.15) is 13.8 Å². The first-order chi connectivity index (χ1) is 33.1. The smallest absolute Gasteiger partial charge is 0.330 e. The molecule has 0 bridgehead atoms. The van der Waals surface area contributed by atoms with Crippen molar-refractivity contribution in [3.63, 3.8) is 0 Å². The summed E-state index contributed by atoms with van der Waals surface area (Å²) in [5.41, 5.74) is 0. The molecule has 0 aliphatic carbocycles. The maximum atomic E-state index is 13.7. The monoisotopic (exact) mass is 990 g/mol. The predicted octanol–water partition coefficient (Wildman–Crippen LogP) is 8.00. The Labute approximate surface area is 395 Å². The minimum Gasteiger partial charge on any atom is -0.508 e. The molecule has 69 heavy (non-hydrogen) atoms. The minimum absolute atomic E-state index is 0.00351. The Bertz CT molecular complexity index is 3220. The molecule has 0 aliphatic heterocycles. The molecule has 2 aromatic heterocycles. The third kappa shape index (κ3) is 11.1. The minimum atomic E-state index is -4.04. The van der Waals surface area contributed by atoms with E-state index < -0.39 is 29.5 Å². The Morgan fingerprint density at radius 3 is 0.754 bits per heavy atom. The van der Waals surface area contributed by atoms with Crippen LogP contribution in [0.4, 0.5) is 11.9 Å². The van der Waals surface area contributed by atoms with Crippen molar-refractivity contribution in [2.75, 3.05) is 23.7 Å². The van der Waals surface area contributed by atoms with Crippen LogP contribution in [-0.4, -0.2) is 78.5 Å². The van der Waals surface area contributed by atoms with E-state index in [0.717, 1.165) is 0 Å². The highest BCUT2D eigenvalue weighted by atomic mass is 32.2. The zero-order valence-electron chi connectivity index (χ0n) is 36.2. The molecular formula is C46H38N8O12S3. The van der Waals surface area contributed by atoms with Crippen molar-refractivity contribution in [2.24, 2.45) is 0 Å². The molecule has 0 amide bonds. The third-order valence-electron chi connectivity index (χ3n) is 9.53. The van der Waals surface area contributed by atoms with E-state index in [1.807, 2.05) is 13.8 Å². The van der Waals surface area contributed by atoms with Crippen LogP contribution < -0.4 is 29.6 Å². The summed E-state index contributed by atoms with van der Waals surface area (Å²) in [5.74, 6) is 0.902. The number of phenolic OH excluding ortho intramolecular Hbond substituents is 2. The van der Waals surface area contributed by atoms with Crippen molar-refractivity contribution in [2.45, 2.75) is 43.2 Å². The fourth-order valence-electron chi connectivity index (χ4n) is 6.16. The number of benzene rings is 6. The lowest BCUT2D eigenvalue weighted by molar-refractivity contribution is 0.397. The summed E-state index contributed by atoms with van der Waals surface area (Å²) in [6.45, 7) is 4.53. The summed E-state index contributed by atoms with van der Waals surface area (Å²) >= 11 is 0. The molecule has 0 spiro atoms. The van der Waals surface area contributed by atoms with Gasteiger partial charge in [-0.3, -0.25) is 0 Å². The summed E-state index contributed by atoms with van der Waals surface area (Å²) in [6.07, 6.45) is 0. The lowest BCUT2D eigenvalue weighted by atomic mass is 10.3. The van der Waals surface area contributed by atoms with Crippen molar-refractivity contribution < 1.29 is 54.4 Å². The van der Waals surface area contributed by atoms with Gasteiger partial charge in [0.1, 0.15) is 34.5 Å². The van der Waals surface area contributed by atoms with Crippen LogP contribution >= 0.6 is 0 Å². The van der Waals surface area contributed by atoms with Crippen molar-refractivity contribution in [1.29, 1.82) is 0 Å². The third-order valence-corrected chi connectivity index (χ3v) is 14.9. The average molecular weight is 991 g/mol. The summed E-state index contributed by atoms with van der Waals surface area (Å²) < 4.78 is 103. The second-order valence-electron chi connectivity index (χ2n) is 14.3. The Balaban J connectivity index is 0.921. The summed E-state index contributed by atoms with van der Waals surface area (Å²) in [6, 6.07) is 31.8. The van der Waals surface area contributed by atoms with Gasteiger partial charge in [-0.15, -0.1) is 9.97 Å². The first kappa shape index (κ1) is 47.1. The van der Waals surface area contributed by atoms with Crippen LogP contribution in [0.3, 0.4) is 0 Å². The van der Waals surface area contributed by atoms with Crippen molar-refractivity contribution in [3.05, 3.63) is 146 Å². The summed E-state index contributed by atoms with van der Waals surface area (Å²) in [7, 11) is -11.8. The first-order valence-corrected chi connectivity index (χ1v) is 25.0. The molecule has 0 aliphatic rings. The molecule has 23 heteroatoms. The largest absolute Gasteiger partial charge is 0.508 e. The van der Waals surface area contributed by atoms with Gasteiger partial charge in [0.2, 0.25) is 41.4 Å². The van der Waals surface area contributed by atoms with Gasteiger partial charge in [-0.1, -0.05) is 0 Å². The van der Waals surface area contributed by atoms with E-state index in [1.54, 1.807) is 0 Å². The molecule has 0 radical (unpaired) electrons. The van der Waals surface area contributed by atoms with Crippen LogP contribution in [0.25, 0.3) is 0 Å². The van der Waals surface area contributed by atoms with E-state index in [9.17, 15) is 35.5 Å². The fraction of sp³-hybridized carbons (Fsp3) is 0.0870. The molecule has 8 aromatic rings. The number of sulfone groups is 3. The van der Waals surface area contributed by atoms with Gasteiger partial charge >= 0.3 is 24.0 Å². The molecule has 0 saturated heterocycles. The Kier molecular flexibility index (Phi) is 13.5. The second kappa shape index (κ2) is 19.8. The highest BCUT2D eigenvalue weighted by Crippen LogP contribution is 2.32. The average Bonchev–Trinajstić information content (AvgIpc) is 3.33. The Hall–Kier alpha value is -8.41. The molecule has 0 unspecified atom stereocenters. The summed E-state index contributed by atoms with van der Waals surface area (Å²) in [5, 5.41) is 25.0. The van der Waals surface area contributed by atoms with E-state index in [4.69, 9.17) is 18.9 Å². The molecule has 2 heterocycles. The molecule has 6 aromatic carbocycles. The molecule has 352 valence electrons. The quantitative estimate of drug-likeness (QED) is 0.0633. The molecule has 4 N–H and O–H groups in total. The van der Waals surface area contributed by atoms with Crippen LogP contribution in [0.2, 0.25) is 0 Å². The van der Waals surface area contributed by atoms with Crippen LogP contribution in [0, 0.1) is 0 Å². The molecule has 0 fully saturated rings. The van der Waals surface area contributed by atoms with Crippen LogP contribution in [0.15, 0.2) is 175 Å². The number of anilines is 2. The maximum absolute atomic E-state index is 13.7. The number of hydrogen-bond donors (Lipinski definition) is 4. The Morgan fingerprint density at radius 2 is 0.551 bits per heavy atom. The van der Waals surface area contributed by atoms with Gasteiger partial charge in [0.15, 0.2) is 0 Å². The van der Waals surface area contributed by atoms with Crippen molar-refractivity contribution >= 4 is 41.4 Å². The SMILES string of the molecule is CCNc1nc(Oc2ccc(S(=O)(=O)c3ccc(O)cc3)cc2)nc(Oc2ccc(S(=O)(=O)c3ccc(Oc4nc(NCC)nc(Oc5ccc(S(=O)(=O)c6ccc(O)cc6)cc5)n4)cc3)cc2)n1. The number of nitrogens with one attached hydrogen (secondary N) is 2. The van der Waals surface area contributed by atoms with E-state index in [2.05, 4.69) is 40.5 Å². The fourth-order valence-corrected chi connectivity index (χ4v) is 9.94. The van der Waals surface area contributed by atoms with E-state index >= 15 is 0 Å². The van der Waals surface area contributed by atoms with Gasteiger partial charge in [-0.2, -0.15) is 19.9 Å². The molecular weight excluding hydrogens is 953 g/mol. The van der Waals surface area contributed by atoms with Gasteiger partial charge in [-0.25, -0.2) is 25.3 Å². The van der Waals surface area contributed by atoms with Crippen molar-refractivity contribution in [3.8, 4) is 58.5 Å². The van der Waals surface area contributed by atoms with Gasteiger partial charge in [-0.05, 0) is 159 Å². The zero-order chi connectivity index (χ0) is 48.8. The number of ether oxygens (including phenoxy) is 4. The highest BCUT2D eigenvalue weighted by molar-refractivity contribution is 7.92. The predicted molar refractivity (Wildman–Crippen MR) is 247 cm³/mol. The number of phenols is 2. The number of aromatic nitrogens is 6. The van der Waals surface area contributed by atoms with Crippen LogP contribution in [-0.2, 0) is 29.5 Å². The van der Waals surface area contributed by atoms with Gasteiger partial charge in [0.25, 0.3) is 0 Å². The molecule has 8 rings (SSSR count). The Morgan fingerprint density at radius 1 is 0.348 bits per heavy atom. The molecule has 20 nitrogen and oxygen atoms in total. The van der Waals surface area contributed by atoms with E-state index in [-0.39, 0.29) is 99.8 Å². The topological polar surface area (TPSA) is 281 Å². The number of nitrogens with zero attached hydrogens (tertiary/aromatic N) is 6. The van der Waals surface area contributed by atoms with Crippen molar-refractivity contribution in [1.82, 2.24) is 29.9 Å². The van der Waals surface area contributed by atoms with Gasteiger partial charge < -0.3 is 39.8 Å². The molecule has 0 atom stereocenters. The second-order valence-corrected chi connectivity index (χ2v) is 20.2. The lowest BCUT2D eigenvalue weighted by Crippen LogP contribution is -2.06. The number of hydrogen-bond acceptors (Lipinski definition) is 20. The number of rotatable bonds is 18. The van der Waals surface area contributed by atoms with E-state index in [1.165, 1.54) is 146 Å². The zero-order valence-corrected chi connectivity index (χ0v) is 38.6. The standard InChI is InChI=1S/C46H38N8O12S3/c1-3-47-41-49-43(63-31-9-21-37(22-10-31)67(57,58)35-17-5-29(55)6-18-35)53-45(51-41)65-33-13-25-39(26-14-33)69(61,62)40-27-15-34(16-28-40)66-46-52-42(48-4-2)50-44(54-46)64-32-11-23-38(24-12-32)68(59,60)36-19-7-30(56)8-20-36/h5-28,55-56H,3-4H2,1-2H3,(H,47,49,51,53)(H,48,50,52,54). The first-order valence-electron chi connectivity index (χ1n) is 20.5. The normalized spacial score (nSPS) is 11.6. The van der Waals surface area contributed by atoms with Crippen LogP contribution in [0.5, 0.6) is 58.5 Å². The highest BCUT2D eigenvalue weighted by Gasteiger charge is 2.22. The van der Waals surface area contributed by atoms with E-state index in [0.29, 0.717) is 13.1 Å². The number of aromatic hydroxyl groups is 2.